The molecule has 4 spiro atoms. The molecule has 1 aromatic rings. The van der Waals surface area contributed by atoms with Gasteiger partial charge in [0.05, 0.1) is 11.0 Å². The van der Waals surface area contributed by atoms with Crippen LogP contribution in [0.2, 0.25) is 0 Å². The Morgan fingerprint density at radius 1 is 1.03 bits per heavy atom. The summed E-state index contributed by atoms with van der Waals surface area (Å²) in [6.45, 7) is 11.0. The maximum absolute atomic E-state index is 16.0. The lowest BCUT2D eigenvalue weighted by Crippen LogP contribution is -2.78. The molecule has 15 aliphatic rings. The van der Waals surface area contributed by atoms with Crippen molar-refractivity contribution in [1.29, 1.82) is 0 Å². The molecule has 0 aromatic heterocycles. The molecule has 9 aliphatic heterocycles. The first-order valence-corrected chi connectivity index (χ1v) is 24.0. The molecule has 6 aliphatic carbocycles. The Kier molecular flexibility index (Phi) is 7.36. The zero-order valence-electron chi connectivity index (χ0n) is 35.5. The molecule has 1 unspecified atom stereocenters. The second-order valence-electron chi connectivity index (χ2n) is 21.9. The molecular formula is C51H63N3O5. The molecule has 59 heavy (non-hydrogen) atoms. The second-order valence-corrected chi connectivity index (χ2v) is 21.9. The van der Waals surface area contributed by atoms with E-state index in [1.165, 1.54) is 43.3 Å². The van der Waals surface area contributed by atoms with E-state index in [1.54, 1.807) is 16.8 Å². The molecule has 3 N–H and O–H groups in total. The Hall–Kier alpha value is -3.36. The third-order valence-electron chi connectivity index (χ3n) is 19.8. The second kappa shape index (κ2) is 12.0. The number of ether oxygens (including phenoxy) is 2. The van der Waals surface area contributed by atoms with Crippen molar-refractivity contribution in [3.8, 4) is 0 Å². The number of benzene rings is 1. The number of carbonyl (C=O) groups excluding carboxylic acids is 2. The smallest absolute Gasteiger partial charge is 0.339 e. The first-order valence-electron chi connectivity index (χ1n) is 24.0. The van der Waals surface area contributed by atoms with Crippen LogP contribution in [0.4, 0.5) is 0 Å². The van der Waals surface area contributed by atoms with Crippen LogP contribution in [0.25, 0.3) is 0 Å². The van der Waals surface area contributed by atoms with E-state index in [0.717, 1.165) is 75.7 Å². The van der Waals surface area contributed by atoms with Crippen LogP contribution in [-0.2, 0) is 26.3 Å². The molecule has 3 saturated heterocycles. The lowest BCUT2D eigenvalue weighted by molar-refractivity contribution is -0.282. The van der Waals surface area contributed by atoms with E-state index >= 15 is 4.79 Å². The summed E-state index contributed by atoms with van der Waals surface area (Å²) in [5.74, 6) is 2.37. The number of allylic oxidation sites excluding steroid dienone is 4. The number of nitrogens with zero attached hydrogens (tertiary/aromatic N) is 2. The third-order valence-corrected chi connectivity index (χ3v) is 19.8. The Bertz CT molecular complexity index is 2250. The van der Waals surface area contributed by atoms with Crippen LogP contribution in [0.5, 0.6) is 0 Å². The minimum absolute atomic E-state index is 0.148. The summed E-state index contributed by atoms with van der Waals surface area (Å²) < 4.78 is 14.1. The summed E-state index contributed by atoms with van der Waals surface area (Å²) in [5.41, 5.74) is 13.4. The first-order chi connectivity index (χ1) is 28.6. The lowest BCUT2D eigenvalue weighted by Gasteiger charge is -2.74. The minimum Gasteiger partial charge on any atom is -0.509 e. The number of hydrogen-bond donors (Lipinski definition) is 2. The van der Waals surface area contributed by atoms with Gasteiger partial charge < -0.3 is 25.2 Å². The van der Waals surface area contributed by atoms with Crippen molar-refractivity contribution in [2.45, 2.75) is 135 Å². The zero-order valence-corrected chi connectivity index (χ0v) is 35.5. The van der Waals surface area contributed by atoms with Gasteiger partial charge in [0.1, 0.15) is 11.2 Å². The van der Waals surface area contributed by atoms with Gasteiger partial charge in [0.25, 0.3) is 0 Å². The van der Waals surface area contributed by atoms with Crippen LogP contribution in [0.1, 0.15) is 132 Å². The number of aliphatic hydroxyl groups excluding tert-OH is 1. The standard InChI is InChI=1S/C51H63N3O5/c1-4-7-34-22-39(55)45-49-16-14-35-42-36-23-48(28(3)20-32-11-12-38-33-21-29(24-53(34)26-33)25-54(38)44(32)43(35)48)15-13-31(36)18-27(2)19-40(50(42,49)47(57)58-45)51(49)37-10-5-8-30(9-6-17-52)41(37)46(56)59-51/h5,8,10,18,27-29,33-34,36,38,40,43,55H,4,6-7,9,11-17,19-26,52H2,1-3H3/b31-18?,45-39-/t27-,28+,29+,33-,34-,36+,38-,40+,43-,48+,49-,50-,51-/m1/s1. The van der Waals surface area contributed by atoms with Crippen molar-refractivity contribution in [2.75, 3.05) is 26.2 Å². The molecule has 2 saturated carbocycles. The molecule has 8 heteroatoms. The molecule has 9 heterocycles. The Morgan fingerprint density at radius 3 is 2.76 bits per heavy atom. The SMILES string of the molecule is CCC[C@@H]1C/C(O)=C2/OC(=O)[C@@]34C5=C6CC[C@@]23[C@]2(OC(=O)c3c(CCCN)cccc32)[C@H]4C[C@H](C)C=C2CC[C@@]3(C[C@@H]25)[C@H]6C2=C(CC[C@@H]4[C@@H]5C[C@@H](CN1C5)CN24)C[C@@H]3C. The van der Waals surface area contributed by atoms with E-state index in [-0.39, 0.29) is 46.9 Å². The van der Waals surface area contributed by atoms with Gasteiger partial charge in [0.15, 0.2) is 11.4 Å². The van der Waals surface area contributed by atoms with Crippen LogP contribution in [0.3, 0.4) is 0 Å². The zero-order chi connectivity index (χ0) is 40.0. The molecule has 16 rings (SSSR count). The van der Waals surface area contributed by atoms with E-state index in [4.69, 9.17) is 15.2 Å². The number of esters is 2. The number of fused-ring (bicyclic) bond motifs is 3. The van der Waals surface area contributed by atoms with Crippen LogP contribution >= 0.6 is 0 Å². The predicted octanol–water partition coefficient (Wildman–Crippen LogP) is 8.63. The van der Waals surface area contributed by atoms with Gasteiger partial charge in [-0.15, -0.1) is 0 Å². The number of aliphatic hydroxyl groups is 1. The fourth-order valence-corrected chi connectivity index (χ4v) is 18.1. The Balaban J connectivity index is 1.14. The number of nitrogens with two attached hydrogens (primary N) is 1. The van der Waals surface area contributed by atoms with Crippen molar-refractivity contribution >= 4 is 11.9 Å². The topological polar surface area (TPSA) is 105 Å². The molecule has 312 valence electrons. The average Bonchev–Trinajstić information content (AvgIpc) is 3.68. The highest BCUT2D eigenvalue weighted by Gasteiger charge is 2.94. The van der Waals surface area contributed by atoms with Gasteiger partial charge >= 0.3 is 11.9 Å². The van der Waals surface area contributed by atoms with E-state index in [1.807, 2.05) is 0 Å². The summed E-state index contributed by atoms with van der Waals surface area (Å²) in [5, 5.41) is 13.0. The molecule has 1 aromatic carbocycles. The summed E-state index contributed by atoms with van der Waals surface area (Å²) in [6, 6.07) is 7.00. The van der Waals surface area contributed by atoms with Crippen LogP contribution in [-0.4, -0.2) is 65.1 Å². The monoisotopic (exact) mass is 797 g/mol. The third kappa shape index (κ3) is 4.00. The van der Waals surface area contributed by atoms with Crippen molar-refractivity contribution < 1.29 is 24.2 Å². The molecule has 8 nitrogen and oxygen atoms in total. The van der Waals surface area contributed by atoms with Crippen LogP contribution < -0.4 is 5.73 Å². The minimum atomic E-state index is -1.12. The fraction of sp³-hybridized carbons (Fsp3) is 0.686. The van der Waals surface area contributed by atoms with E-state index < -0.39 is 16.4 Å². The molecule has 0 radical (unpaired) electrons. The maximum atomic E-state index is 16.0. The van der Waals surface area contributed by atoms with E-state index in [9.17, 15) is 9.90 Å². The van der Waals surface area contributed by atoms with E-state index in [2.05, 4.69) is 54.8 Å². The molecular weight excluding hydrogens is 735 g/mol. The summed E-state index contributed by atoms with van der Waals surface area (Å²) in [7, 11) is 0. The number of hydrogen-bond acceptors (Lipinski definition) is 8. The fourth-order valence-electron chi connectivity index (χ4n) is 18.1. The lowest BCUT2D eigenvalue weighted by atomic mass is 9.26. The van der Waals surface area contributed by atoms with E-state index in [0.29, 0.717) is 66.8 Å². The molecule has 0 amide bonds. The number of piperidine rings is 2. The van der Waals surface area contributed by atoms with Crippen molar-refractivity contribution in [1.82, 2.24) is 9.80 Å². The van der Waals surface area contributed by atoms with Crippen LogP contribution in [0.15, 0.2) is 63.8 Å². The number of rotatable bonds is 5. The van der Waals surface area contributed by atoms with Crippen molar-refractivity contribution in [3.05, 3.63) is 80.5 Å². The van der Waals surface area contributed by atoms with Gasteiger partial charge in [-0.2, -0.15) is 0 Å². The van der Waals surface area contributed by atoms with Crippen LogP contribution in [0, 0.1) is 57.7 Å². The summed E-state index contributed by atoms with van der Waals surface area (Å²) >= 11 is 0. The summed E-state index contributed by atoms with van der Waals surface area (Å²) in [4.78, 5) is 36.5. The van der Waals surface area contributed by atoms with Gasteiger partial charge in [-0.25, -0.2) is 4.79 Å². The van der Waals surface area contributed by atoms with Gasteiger partial charge in [0, 0.05) is 67.2 Å². The van der Waals surface area contributed by atoms with Gasteiger partial charge in [0.2, 0.25) is 0 Å². The quantitative estimate of drug-likeness (QED) is 0.226. The normalized spacial score (nSPS) is 47.8. The van der Waals surface area contributed by atoms with Crippen molar-refractivity contribution in [3.63, 3.8) is 0 Å². The Morgan fingerprint density at radius 2 is 1.92 bits per heavy atom. The Labute approximate surface area is 349 Å². The maximum Gasteiger partial charge on any atom is 0.339 e. The summed E-state index contributed by atoms with van der Waals surface area (Å²) in [6.07, 6.45) is 17.1. The van der Waals surface area contributed by atoms with Gasteiger partial charge in [-0.05, 0) is 130 Å². The molecule has 5 fully saturated rings. The first kappa shape index (κ1) is 36.3. The number of aryl methyl sites for hydroxylation is 1. The highest BCUT2D eigenvalue weighted by Crippen LogP contribution is 2.89. The largest absolute Gasteiger partial charge is 0.509 e. The number of carbonyl (C=O) groups is 2. The predicted molar refractivity (Wildman–Crippen MR) is 223 cm³/mol. The van der Waals surface area contributed by atoms with Gasteiger partial charge in [-0.3, -0.25) is 9.69 Å². The molecule has 14 bridgehead atoms. The highest BCUT2D eigenvalue weighted by molar-refractivity contribution is 6.00. The molecule has 14 atom stereocenters. The van der Waals surface area contributed by atoms with Crippen molar-refractivity contribution in [2.24, 2.45) is 63.4 Å². The average molecular weight is 798 g/mol. The highest BCUT2D eigenvalue weighted by atomic mass is 16.6. The van der Waals surface area contributed by atoms with Gasteiger partial charge in [-0.1, -0.05) is 68.2 Å².